The van der Waals surface area contributed by atoms with Crippen LogP contribution >= 0.6 is 23.1 Å². The number of fused-ring (bicyclic) bond motifs is 2. The van der Waals surface area contributed by atoms with Gasteiger partial charge < -0.3 is 9.67 Å². The lowest BCUT2D eigenvalue weighted by atomic mass is 10.1. The Kier molecular flexibility index (Phi) is 6.54. The van der Waals surface area contributed by atoms with Crippen LogP contribution in [0.3, 0.4) is 0 Å². The highest BCUT2D eigenvalue weighted by Gasteiger charge is 2.33. The van der Waals surface area contributed by atoms with Crippen molar-refractivity contribution < 1.29 is 14.7 Å². The van der Waals surface area contributed by atoms with E-state index in [1.165, 1.54) is 30.1 Å². The Labute approximate surface area is 214 Å². The Balaban J connectivity index is 1.79. The summed E-state index contributed by atoms with van der Waals surface area (Å²) in [5.74, 6) is -0.361. The minimum absolute atomic E-state index is 0.00198. The first-order valence-electron chi connectivity index (χ1n) is 11.6. The van der Waals surface area contributed by atoms with Crippen LogP contribution in [0.1, 0.15) is 29.1 Å². The third kappa shape index (κ3) is 4.07. The summed E-state index contributed by atoms with van der Waals surface area (Å²) in [6.45, 7) is 4.68. The Hall–Kier alpha value is -2.93. The van der Waals surface area contributed by atoms with Gasteiger partial charge in [0.2, 0.25) is 0 Å². The fourth-order valence-electron chi connectivity index (χ4n) is 4.48. The number of carbonyl (C=O) groups excluding carboxylic acids is 1. The van der Waals surface area contributed by atoms with Gasteiger partial charge in [0.25, 0.3) is 11.5 Å². The van der Waals surface area contributed by atoms with Gasteiger partial charge >= 0.3 is 5.69 Å². The molecular weight excluding hydrogens is 502 g/mol. The van der Waals surface area contributed by atoms with Gasteiger partial charge in [-0.15, -0.1) is 11.3 Å². The zero-order valence-electron chi connectivity index (χ0n) is 20.4. The third-order valence-corrected chi connectivity index (χ3v) is 8.01. The molecule has 36 heavy (non-hydrogen) atoms. The Morgan fingerprint density at radius 1 is 1.28 bits per heavy atom. The number of rotatable bonds is 6. The molecule has 1 atom stereocenters. The second kappa shape index (κ2) is 9.51. The molecule has 0 aliphatic carbocycles. The van der Waals surface area contributed by atoms with E-state index in [4.69, 9.17) is 9.82 Å². The van der Waals surface area contributed by atoms with Crippen LogP contribution in [0.5, 0.6) is 0 Å². The number of hydrogen-bond acceptors (Lipinski definition) is 8. The predicted molar refractivity (Wildman–Crippen MR) is 140 cm³/mol. The molecule has 1 aliphatic rings. The average molecular weight is 530 g/mol. The number of thiophene rings is 1. The van der Waals surface area contributed by atoms with E-state index in [9.17, 15) is 19.5 Å². The molecule has 0 bridgehead atoms. The highest BCUT2D eigenvalue weighted by molar-refractivity contribution is 7.98. The molecule has 1 aliphatic heterocycles. The van der Waals surface area contributed by atoms with Gasteiger partial charge in [-0.1, -0.05) is 37.7 Å². The van der Waals surface area contributed by atoms with Crippen molar-refractivity contribution in [2.75, 3.05) is 19.4 Å². The van der Waals surface area contributed by atoms with Crippen LogP contribution in [0.2, 0.25) is 0 Å². The average Bonchev–Trinajstić information content (AvgIpc) is 3.55. The van der Waals surface area contributed by atoms with E-state index in [2.05, 4.69) is 0 Å². The van der Waals surface area contributed by atoms with Crippen LogP contribution in [-0.2, 0) is 25.0 Å². The van der Waals surface area contributed by atoms with Gasteiger partial charge in [-0.25, -0.2) is 14.8 Å². The molecule has 1 aromatic carbocycles. The number of imidazole rings is 1. The SMILES string of the molecule is CSc1nc2ccccc2n1Cc1sc2c(c1C(=O)N1C[C@H](O)CO1)c(=O)n(C)c(=O)n2CC(C)C. The summed E-state index contributed by atoms with van der Waals surface area (Å²) in [5.41, 5.74) is 0.986. The monoisotopic (exact) mass is 529 g/mol. The second-order valence-electron chi connectivity index (χ2n) is 9.22. The number of thioether (sulfide) groups is 1. The molecule has 1 N–H and O–H groups in total. The van der Waals surface area contributed by atoms with Crippen molar-refractivity contribution in [3.05, 3.63) is 55.5 Å². The maximum absolute atomic E-state index is 13.7. The summed E-state index contributed by atoms with van der Waals surface area (Å²) < 4.78 is 4.64. The molecule has 12 heteroatoms. The van der Waals surface area contributed by atoms with Gasteiger partial charge in [-0.2, -0.15) is 0 Å². The zero-order valence-corrected chi connectivity index (χ0v) is 22.1. The fraction of sp³-hybridized carbons (Fsp3) is 0.417. The molecule has 3 aromatic heterocycles. The van der Waals surface area contributed by atoms with Crippen LogP contribution in [0.15, 0.2) is 39.0 Å². The molecule has 0 spiro atoms. The van der Waals surface area contributed by atoms with E-state index in [0.717, 1.165) is 25.8 Å². The van der Waals surface area contributed by atoms with Gasteiger partial charge in [0.15, 0.2) is 5.16 Å². The number of aliphatic hydroxyl groups is 1. The summed E-state index contributed by atoms with van der Waals surface area (Å²) in [4.78, 5) is 51.5. The highest BCUT2D eigenvalue weighted by atomic mass is 32.2. The fourth-order valence-corrected chi connectivity index (χ4v) is 6.33. The summed E-state index contributed by atoms with van der Waals surface area (Å²) in [5, 5.41) is 12.0. The third-order valence-electron chi connectivity index (χ3n) is 6.14. The summed E-state index contributed by atoms with van der Waals surface area (Å²) in [6, 6.07) is 7.74. The van der Waals surface area contributed by atoms with E-state index in [-0.39, 0.29) is 36.6 Å². The first-order chi connectivity index (χ1) is 17.2. The van der Waals surface area contributed by atoms with E-state index >= 15 is 0 Å². The lowest BCUT2D eigenvalue weighted by Crippen LogP contribution is -2.39. The van der Waals surface area contributed by atoms with Crippen molar-refractivity contribution in [3.63, 3.8) is 0 Å². The molecule has 10 nitrogen and oxygen atoms in total. The molecule has 4 heterocycles. The van der Waals surface area contributed by atoms with Crippen LogP contribution in [0.25, 0.3) is 21.3 Å². The van der Waals surface area contributed by atoms with Crippen molar-refractivity contribution in [1.82, 2.24) is 23.7 Å². The topological polar surface area (TPSA) is 112 Å². The zero-order chi connectivity index (χ0) is 25.7. The number of para-hydroxylation sites is 2. The number of β-amino-alcohol motifs (C(OH)–C–C–N with tert-alkyl or cyclic N) is 1. The Morgan fingerprint density at radius 3 is 2.69 bits per heavy atom. The van der Waals surface area contributed by atoms with Crippen LogP contribution < -0.4 is 11.2 Å². The van der Waals surface area contributed by atoms with Gasteiger partial charge in [0.05, 0.1) is 35.1 Å². The largest absolute Gasteiger partial charge is 0.389 e. The summed E-state index contributed by atoms with van der Waals surface area (Å²) in [6.07, 6.45) is 1.13. The maximum Gasteiger partial charge on any atom is 0.331 e. The number of aliphatic hydroxyl groups excluding tert-OH is 1. The maximum atomic E-state index is 13.7. The lowest BCUT2D eigenvalue weighted by molar-refractivity contribution is -0.0778. The lowest BCUT2D eigenvalue weighted by Gasteiger charge is -2.16. The molecule has 0 radical (unpaired) electrons. The quantitative estimate of drug-likeness (QED) is 0.382. The first-order valence-corrected chi connectivity index (χ1v) is 13.6. The van der Waals surface area contributed by atoms with Crippen LogP contribution in [0, 0.1) is 5.92 Å². The van der Waals surface area contributed by atoms with Gasteiger partial charge in [0.1, 0.15) is 17.5 Å². The second-order valence-corrected chi connectivity index (χ2v) is 11.1. The van der Waals surface area contributed by atoms with Crippen molar-refractivity contribution in [2.45, 2.75) is 38.2 Å². The normalized spacial score (nSPS) is 16.2. The molecule has 1 amide bonds. The summed E-state index contributed by atoms with van der Waals surface area (Å²) >= 11 is 2.76. The van der Waals surface area contributed by atoms with Crippen LogP contribution in [0.4, 0.5) is 0 Å². The molecule has 1 saturated heterocycles. The van der Waals surface area contributed by atoms with Crippen molar-refractivity contribution in [3.8, 4) is 0 Å². The number of aromatic nitrogens is 4. The predicted octanol–water partition coefficient (Wildman–Crippen LogP) is 2.29. The highest BCUT2D eigenvalue weighted by Crippen LogP contribution is 2.33. The summed E-state index contributed by atoms with van der Waals surface area (Å²) in [7, 11) is 1.43. The van der Waals surface area contributed by atoms with E-state index in [0.29, 0.717) is 16.3 Å². The number of hydroxylamine groups is 2. The van der Waals surface area contributed by atoms with Crippen molar-refractivity contribution in [1.29, 1.82) is 0 Å². The van der Waals surface area contributed by atoms with E-state index < -0.39 is 23.3 Å². The number of benzene rings is 1. The van der Waals surface area contributed by atoms with Gasteiger partial charge in [-0.05, 0) is 24.3 Å². The number of carbonyl (C=O) groups is 1. The smallest absolute Gasteiger partial charge is 0.331 e. The van der Waals surface area contributed by atoms with Crippen molar-refractivity contribution >= 4 is 50.3 Å². The molecular formula is C24H27N5O5S2. The van der Waals surface area contributed by atoms with Gasteiger partial charge in [-0.3, -0.25) is 23.6 Å². The molecule has 1 fully saturated rings. The van der Waals surface area contributed by atoms with Gasteiger partial charge in [0, 0.05) is 18.5 Å². The Morgan fingerprint density at radius 2 is 2.03 bits per heavy atom. The first kappa shape index (κ1) is 24.8. The van der Waals surface area contributed by atoms with E-state index in [1.807, 2.05) is 48.9 Å². The molecule has 4 aromatic rings. The number of nitrogens with zero attached hydrogens (tertiary/aromatic N) is 5. The van der Waals surface area contributed by atoms with Crippen LogP contribution in [-0.4, -0.2) is 60.3 Å². The molecule has 190 valence electrons. The standard InChI is InChI=1S/C24H27N5O5S2/c1-13(2)9-28-22-19(20(31)26(3)24(28)33)18(21(32)29-10-14(30)12-34-29)17(36-22)11-27-16-8-6-5-7-15(16)25-23(27)35-4/h5-8,13-14,30H,9-12H2,1-4H3/t14-/m0/s1. The minimum Gasteiger partial charge on any atom is -0.389 e. The van der Waals surface area contributed by atoms with E-state index in [1.54, 1.807) is 4.57 Å². The van der Waals surface area contributed by atoms with Crippen molar-refractivity contribution in [2.24, 2.45) is 13.0 Å². The molecule has 0 unspecified atom stereocenters. The number of amides is 1. The number of hydrogen-bond donors (Lipinski definition) is 1. The molecule has 5 rings (SSSR count). The minimum atomic E-state index is -0.801. The molecule has 0 saturated carbocycles. The Bertz CT molecular complexity index is 1600.